The molecule has 0 spiro atoms. The van der Waals surface area contributed by atoms with Gasteiger partial charge in [0.2, 0.25) is 5.95 Å². The molecule has 0 saturated carbocycles. The first-order valence-corrected chi connectivity index (χ1v) is 11.2. The number of carbonyl (C=O) groups is 1. The topological polar surface area (TPSA) is 128 Å². The summed E-state index contributed by atoms with van der Waals surface area (Å²) >= 11 is 2.15. The maximum Gasteiger partial charge on any atom is 0.251 e. The molecule has 2 aromatic carbocycles. The minimum Gasteiger partial charge on any atom is -0.506 e. The van der Waals surface area contributed by atoms with Crippen molar-refractivity contribution in [2.45, 2.75) is 13.8 Å². The van der Waals surface area contributed by atoms with Gasteiger partial charge in [0, 0.05) is 30.6 Å². The number of hydrogen-bond donors (Lipinski definition) is 5. The number of phenolic OH excluding ortho intramolecular Hbond substituents is 1. The quantitative estimate of drug-likeness (QED) is 0.173. The Morgan fingerprint density at radius 2 is 1.85 bits per heavy atom. The van der Waals surface area contributed by atoms with Gasteiger partial charge in [-0.2, -0.15) is 10.1 Å². The van der Waals surface area contributed by atoms with Gasteiger partial charge in [-0.15, -0.1) is 0 Å². The highest BCUT2D eigenvalue weighted by Crippen LogP contribution is 2.35. The van der Waals surface area contributed by atoms with E-state index in [2.05, 4.69) is 58.7 Å². The number of aryl methyl sites for hydroxylation is 2. The van der Waals surface area contributed by atoms with Gasteiger partial charge in [0.05, 0.1) is 9.26 Å². The third kappa shape index (κ3) is 5.06. The van der Waals surface area contributed by atoms with E-state index < -0.39 is 0 Å². The maximum absolute atomic E-state index is 11.8. The van der Waals surface area contributed by atoms with Crippen molar-refractivity contribution in [3.05, 3.63) is 69.1 Å². The summed E-state index contributed by atoms with van der Waals surface area (Å²) in [6.07, 6.45) is 1.68. The Morgan fingerprint density at radius 1 is 1.09 bits per heavy atom. The van der Waals surface area contributed by atoms with E-state index in [-0.39, 0.29) is 11.7 Å². The number of hydrogen-bond acceptors (Lipinski definition) is 7. The van der Waals surface area contributed by atoms with Crippen molar-refractivity contribution in [3.8, 4) is 16.9 Å². The molecule has 33 heavy (non-hydrogen) atoms. The van der Waals surface area contributed by atoms with E-state index in [1.165, 1.54) is 0 Å². The van der Waals surface area contributed by atoms with E-state index in [0.29, 0.717) is 28.8 Å². The van der Waals surface area contributed by atoms with Crippen LogP contribution in [0.3, 0.4) is 0 Å². The number of nitrogens with zero attached hydrogens (tertiary/aromatic N) is 3. The van der Waals surface area contributed by atoms with Gasteiger partial charge in [0.1, 0.15) is 5.75 Å². The minimum absolute atomic E-state index is 0.0607. The molecule has 0 aliphatic rings. The van der Waals surface area contributed by atoms with Gasteiger partial charge in [-0.1, -0.05) is 12.1 Å². The number of anilines is 4. The lowest BCUT2D eigenvalue weighted by atomic mass is 9.98. The summed E-state index contributed by atoms with van der Waals surface area (Å²) in [5.74, 6) is 1.51. The summed E-state index contributed by atoms with van der Waals surface area (Å²) in [7, 11) is 1.60. The average molecular weight is 555 g/mol. The third-order valence-electron chi connectivity index (χ3n) is 4.97. The van der Waals surface area contributed by atoms with E-state index in [0.717, 1.165) is 26.0 Å². The molecule has 168 valence electrons. The smallest absolute Gasteiger partial charge is 0.251 e. The lowest BCUT2D eigenvalue weighted by molar-refractivity contribution is 0.0963. The molecule has 4 aromatic rings. The van der Waals surface area contributed by atoms with Gasteiger partial charge < -0.3 is 21.1 Å². The van der Waals surface area contributed by atoms with E-state index in [1.807, 2.05) is 38.1 Å². The number of aromatic hydroxyl groups is 1. The van der Waals surface area contributed by atoms with Crippen LogP contribution in [-0.2, 0) is 0 Å². The van der Waals surface area contributed by atoms with Gasteiger partial charge in [-0.05, 0) is 77.4 Å². The number of phenols is 1. The number of H-pyrrole nitrogens is 1. The predicted octanol–water partition coefficient (Wildman–Crippen LogP) is 4.64. The summed E-state index contributed by atoms with van der Waals surface area (Å²) < 4.78 is 0.828. The van der Waals surface area contributed by atoms with E-state index in [9.17, 15) is 9.90 Å². The molecule has 5 N–H and O–H groups in total. The fraction of sp³-hybridized carbons (Fsp3) is 0.130. The molecule has 10 heteroatoms. The number of rotatable bonds is 6. The molecule has 2 heterocycles. The van der Waals surface area contributed by atoms with Crippen LogP contribution in [0.1, 0.15) is 21.6 Å². The Bertz CT molecular complexity index is 1320. The summed E-state index contributed by atoms with van der Waals surface area (Å²) in [5.41, 5.74) is 4.70. The van der Waals surface area contributed by atoms with Crippen LogP contribution in [0.2, 0.25) is 0 Å². The molecule has 0 atom stereocenters. The number of benzene rings is 2. The molecule has 0 aliphatic carbocycles. The number of amides is 1. The second-order valence-electron chi connectivity index (χ2n) is 7.42. The van der Waals surface area contributed by atoms with Crippen LogP contribution in [0.5, 0.6) is 5.75 Å². The van der Waals surface area contributed by atoms with E-state index in [1.54, 1.807) is 31.4 Å². The molecular formula is C23H22IN7O2. The molecule has 1 amide bonds. The highest BCUT2D eigenvalue weighted by molar-refractivity contribution is 14.1. The molecule has 2 aromatic heterocycles. The lowest BCUT2D eigenvalue weighted by Crippen LogP contribution is -2.17. The first-order chi connectivity index (χ1) is 15.8. The summed E-state index contributed by atoms with van der Waals surface area (Å²) in [6, 6.07) is 12.6. The van der Waals surface area contributed by atoms with E-state index >= 15 is 0 Å². The maximum atomic E-state index is 11.8. The van der Waals surface area contributed by atoms with Gasteiger partial charge in [0.25, 0.3) is 5.91 Å². The molecule has 9 nitrogen and oxygen atoms in total. The van der Waals surface area contributed by atoms with Crippen LogP contribution in [0.4, 0.5) is 23.3 Å². The standard InChI is InChI=1S/C23H22IN7O2/c1-12-8-18(19(32)10-16(12)14-4-6-15(7-5-14)22(33)25-3)27-23-26-11-17(24)21(29-23)28-20-9-13(2)30-31-20/h4-11,32H,1-3H3,(H,25,33)(H3,26,27,28,29,30,31). The van der Waals surface area contributed by atoms with Crippen LogP contribution in [0.15, 0.2) is 48.7 Å². The normalized spacial score (nSPS) is 10.7. The van der Waals surface area contributed by atoms with Gasteiger partial charge in [-0.25, -0.2) is 4.98 Å². The van der Waals surface area contributed by atoms with Gasteiger partial charge >= 0.3 is 0 Å². The summed E-state index contributed by atoms with van der Waals surface area (Å²) in [6.45, 7) is 3.87. The highest BCUT2D eigenvalue weighted by Gasteiger charge is 2.13. The van der Waals surface area contributed by atoms with Crippen molar-refractivity contribution in [2.24, 2.45) is 0 Å². The van der Waals surface area contributed by atoms with Crippen LogP contribution in [0, 0.1) is 17.4 Å². The molecular weight excluding hydrogens is 533 g/mol. The zero-order valence-electron chi connectivity index (χ0n) is 18.2. The Morgan fingerprint density at radius 3 is 2.52 bits per heavy atom. The molecule has 0 unspecified atom stereocenters. The van der Waals surface area contributed by atoms with Gasteiger partial charge in [0.15, 0.2) is 11.6 Å². The first-order valence-electron chi connectivity index (χ1n) is 10.1. The average Bonchev–Trinajstić information content (AvgIpc) is 3.22. The Hall–Kier alpha value is -3.67. The van der Waals surface area contributed by atoms with Crippen molar-refractivity contribution in [3.63, 3.8) is 0 Å². The fourth-order valence-corrected chi connectivity index (χ4v) is 3.69. The zero-order chi connectivity index (χ0) is 23.5. The monoisotopic (exact) mass is 555 g/mol. The van der Waals surface area contributed by atoms with Crippen molar-refractivity contribution in [1.29, 1.82) is 0 Å². The molecule has 0 saturated heterocycles. The number of nitrogens with one attached hydrogen (secondary N) is 4. The van der Waals surface area contributed by atoms with Gasteiger partial charge in [-0.3, -0.25) is 9.89 Å². The van der Waals surface area contributed by atoms with E-state index in [4.69, 9.17) is 0 Å². The molecule has 4 rings (SSSR count). The van der Waals surface area contributed by atoms with Crippen molar-refractivity contribution >= 4 is 51.8 Å². The second kappa shape index (κ2) is 9.45. The largest absolute Gasteiger partial charge is 0.506 e. The molecule has 0 fully saturated rings. The third-order valence-corrected chi connectivity index (χ3v) is 5.76. The van der Waals surface area contributed by atoms with Crippen LogP contribution < -0.4 is 16.0 Å². The Balaban J connectivity index is 1.57. The number of halogens is 1. The molecule has 0 radical (unpaired) electrons. The Kier molecular flexibility index (Phi) is 6.45. The van der Waals surface area contributed by atoms with Crippen molar-refractivity contribution in [2.75, 3.05) is 17.7 Å². The predicted molar refractivity (Wildman–Crippen MR) is 136 cm³/mol. The molecule has 0 bridgehead atoms. The number of aromatic amines is 1. The van der Waals surface area contributed by atoms with Crippen LogP contribution >= 0.6 is 22.6 Å². The first kappa shape index (κ1) is 22.5. The zero-order valence-corrected chi connectivity index (χ0v) is 20.4. The van der Waals surface area contributed by atoms with Crippen LogP contribution in [-0.4, -0.2) is 38.2 Å². The van der Waals surface area contributed by atoms with Crippen LogP contribution in [0.25, 0.3) is 11.1 Å². The summed E-state index contributed by atoms with van der Waals surface area (Å²) in [4.78, 5) is 20.6. The fourth-order valence-electron chi connectivity index (χ4n) is 3.29. The van der Waals surface area contributed by atoms with Crippen molar-refractivity contribution in [1.82, 2.24) is 25.5 Å². The van der Waals surface area contributed by atoms with Crippen molar-refractivity contribution < 1.29 is 9.90 Å². The Labute approximate surface area is 204 Å². The molecule has 0 aliphatic heterocycles. The number of aromatic nitrogens is 4. The number of carbonyl (C=O) groups excluding carboxylic acids is 1. The lowest BCUT2D eigenvalue weighted by Gasteiger charge is -2.13. The highest BCUT2D eigenvalue weighted by atomic mass is 127. The summed E-state index contributed by atoms with van der Waals surface area (Å²) in [5, 5.41) is 26.6. The minimum atomic E-state index is -0.144. The second-order valence-corrected chi connectivity index (χ2v) is 8.58. The SMILES string of the molecule is CNC(=O)c1ccc(-c2cc(O)c(Nc3ncc(I)c(Nc4cc(C)[nH]n4)n3)cc2C)cc1.